The summed E-state index contributed by atoms with van der Waals surface area (Å²) in [4.78, 5) is 3.93. The predicted molar refractivity (Wildman–Crippen MR) is 85.7 cm³/mol. The van der Waals surface area contributed by atoms with Gasteiger partial charge >= 0.3 is 0 Å². The molecule has 0 aliphatic carbocycles. The molecule has 0 saturated heterocycles. The van der Waals surface area contributed by atoms with Gasteiger partial charge in [-0.3, -0.25) is 4.99 Å². The first kappa shape index (κ1) is 18.2. The Bertz CT molecular complexity index is 461. The number of rotatable bonds is 7. The van der Waals surface area contributed by atoms with Gasteiger partial charge in [0.05, 0.1) is 19.2 Å². The highest BCUT2D eigenvalue weighted by Gasteiger charge is 2.10. The van der Waals surface area contributed by atoms with Gasteiger partial charge in [0.25, 0.3) is 6.43 Å². The van der Waals surface area contributed by atoms with Crippen molar-refractivity contribution in [3.63, 3.8) is 0 Å². The average molecular weight is 313 g/mol. The molecule has 0 heterocycles. The van der Waals surface area contributed by atoms with Crippen molar-refractivity contribution in [2.75, 3.05) is 20.2 Å². The highest BCUT2D eigenvalue weighted by Crippen LogP contribution is 2.18. The third kappa shape index (κ3) is 6.74. The Morgan fingerprint density at radius 1 is 1.18 bits per heavy atom. The summed E-state index contributed by atoms with van der Waals surface area (Å²) in [7, 11) is 1.55. The van der Waals surface area contributed by atoms with Gasteiger partial charge in [-0.2, -0.15) is 0 Å². The summed E-state index contributed by atoms with van der Waals surface area (Å²) in [6.07, 6.45) is -2.41. The van der Waals surface area contributed by atoms with Crippen LogP contribution in [0.25, 0.3) is 0 Å². The van der Waals surface area contributed by atoms with Crippen molar-refractivity contribution in [1.29, 1.82) is 0 Å². The monoisotopic (exact) mass is 313 g/mol. The van der Waals surface area contributed by atoms with Crippen molar-refractivity contribution in [3.8, 4) is 5.75 Å². The number of nitrogens with zero attached hydrogens (tertiary/aromatic N) is 1. The Morgan fingerprint density at radius 3 is 2.32 bits per heavy atom. The highest BCUT2D eigenvalue weighted by molar-refractivity contribution is 5.80. The summed E-state index contributed by atoms with van der Waals surface area (Å²) in [5, 5.41) is 5.65. The Labute approximate surface area is 131 Å². The molecule has 0 fully saturated rings. The van der Waals surface area contributed by atoms with Crippen LogP contribution in [0.1, 0.15) is 32.4 Å². The van der Waals surface area contributed by atoms with Gasteiger partial charge in [-0.05, 0) is 30.5 Å². The fourth-order valence-corrected chi connectivity index (χ4v) is 1.77. The van der Waals surface area contributed by atoms with Crippen LogP contribution in [0.5, 0.6) is 5.75 Å². The molecular weight excluding hydrogens is 288 g/mol. The third-order valence-electron chi connectivity index (χ3n) is 2.96. The van der Waals surface area contributed by atoms with Crippen molar-refractivity contribution < 1.29 is 13.5 Å². The van der Waals surface area contributed by atoms with Crippen molar-refractivity contribution >= 4 is 5.96 Å². The number of hydrogen-bond acceptors (Lipinski definition) is 2. The second-order valence-corrected chi connectivity index (χ2v) is 5.48. The van der Waals surface area contributed by atoms with Crippen molar-refractivity contribution in [3.05, 3.63) is 29.8 Å². The predicted octanol–water partition coefficient (Wildman–Crippen LogP) is 3.21. The molecule has 1 aromatic carbocycles. The summed E-state index contributed by atoms with van der Waals surface area (Å²) in [5.41, 5.74) is 1.02. The largest absolute Gasteiger partial charge is 0.493 e. The second kappa shape index (κ2) is 9.23. The molecule has 22 heavy (non-hydrogen) atoms. The summed E-state index contributed by atoms with van der Waals surface area (Å²) in [6.45, 7) is 6.39. The number of benzene rings is 1. The van der Waals surface area contributed by atoms with Gasteiger partial charge in [-0.15, -0.1) is 0 Å². The van der Waals surface area contributed by atoms with Gasteiger partial charge in [0.2, 0.25) is 0 Å². The van der Waals surface area contributed by atoms with E-state index in [1.165, 1.54) is 0 Å². The number of ether oxygens (including phenoxy) is 1. The molecule has 0 aliphatic rings. The molecular formula is C16H25F2N3O. The van der Waals surface area contributed by atoms with E-state index in [1.54, 1.807) is 7.05 Å². The van der Waals surface area contributed by atoms with E-state index in [-0.39, 0.29) is 6.04 Å². The minimum absolute atomic E-state index is 0.0528. The molecule has 0 amide bonds. The molecule has 0 radical (unpaired) electrons. The van der Waals surface area contributed by atoms with Gasteiger partial charge in [0, 0.05) is 7.05 Å². The molecule has 0 saturated carbocycles. The molecule has 6 heteroatoms. The number of guanidine groups is 1. The van der Waals surface area contributed by atoms with Crippen molar-refractivity contribution in [1.82, 2.24) is 10.6 Å². The van der Waals surface area contributed by atoms with E-state index in [0.717, 1.165) is 11.3 Å². The molecule has 1 atom stereocenters. The summed E-state index contributed by atoms with van der Waals surface area (Å²) >= 11 is 0. The SMILES string of the molecule is CN=C(NCC(F)F)NC(C)c1ccc(OCC(C)C)cc1. The zero-order chi connectivity index (χ0) is 16.5. The van der Waals surface area contributed by atoms with E-state index in [0.29, 0.717) is 18.5 Å². The Hall–Kier alpha value is -1.85. The van der Waals surface area contributed by atoms with E-state index in [4.69, 9.17) is 4.74 Å². The molecule has 4 nitrogen and oxygen atoms in total. The van der Waals surface area contributed by atoms with Crippen LogP contribution in [-0.2, 0) is 0 Å². The lowest BCUT2D eigenvalue weighted by molar-refractivity contribution is 0.152. The van der Waals surface area contributed by atoms with E-state index in [9.17, 15) is 8.78 Å². The normalized spacial score (nSPS) is 13.4. The van der Waals surface area contributed by atoms with Crippen LogP contribution >= 0.6 is 0 Å². The molecule has 1 unspecified atom stereocenters. The lowest BCUT2D eigenvalue weighted by Crippen LogP contribution is -2.40. The summed E-state index contributed by atoms with van der Waals surface area (Å²) in [5.74, 6) is 1.65. The number of alkyl halides is 2. The van der Waals surface area contributed by atoms with Gasteiger partial charge in [0.15, 0.2) is 5.96 Å². The van der Waals surface area contributed by atoms with Crippen LogP contribution in [0, 0.1) is 5.92 Å². The van der Waals surface area contributed by atoms with Crippen LogP contribution in [-0.4, -0.2) is 32.6 Å². The number of halogens is 2. The number of nitrogens with one attached hydrogen (secondary N) is 2. The lowest BCUT2D eigenvalue weighted by atomic mass is 10.1. The zero-order valence-electron chi connectivity index (χ0n) is 13.6. The molecule has 0 bridgehead atoms. The maximum Gasteiger partial charge on any atom is 0.255 e. The maximum absolute atomic E-state index is 12.2. The fourth-order valence-electron chi connectivity index (χ4n) is 1.77. The highest BCUT2D eigenvalue weighted by atomic mass is 19.3. The first-order valence-corrected chi connectivity index (χ1v) is 7.40. The molecule has 1 aromatic rings. The van der Waals surface area contributed by atoms with Crippen molar-refractivity contribution in [2.45, 2.75) is 33.2 Å². The van der Waals surface area contributed by atoms with Crippen LogP contribution in [0.4, 0.5) is 8.78 Å². The second-order valence-electron chi connectivity index (χ2n) is 5.48. The quantitative estimate of drug-likeness (QED) is 0.600. The van der Waals surface area contributed by atoms with Crippen LogP contribution < -0.4 is 15.4 Å². The molecule has 124 valence electrons. The first-order chi connectivity index (χ1) is 10.4. The Balaban J connectivity index is 2.55. The fraction of sp³-hybridized carbons (Fsp3) is 0.562. The molecule has 0 aromatic heterocycles. The van der Waals surface area contributed by atoms with Crippen LogP contribution in [0.3, 0.4) is 0 Å². The van der Waals surface area contributed by atoms with Gasteiger partial charge < -0.3 is 15.4 Å². The minimum atomic E-state index is -2.41. The first-order valence-electron chi connectivity index (χ1n) is 7.40. The summed E-state index contributed by atoms with van der Waals surface area (Å²) < 4.78 is 30.0. The Kier molecular flexibility index (Phi) is 7.63. The topological polar surface area (TPSA) is 45.7 Å². The van der Waals surface area contributed by atoms with E-state index in [2.05, 4.69) is 29.5 Å². The molecule has 1 rings (SSSR count). The molecule has 2 N–H and O–H groups in total. The van der Waals surface area contributed by atoms with E-state index >= 15 is 0 Å². The van der Waals surface area contributed by atoms with Crippen LogP contribution in [0.15, 0.2) is 29.3 Å². The van der Waals surface area contributed by atoms with Crippen molar-refractivity contribution in [2.24, 2.45) is 10.9 Å². The number of hydrogen-bond donors (Lipinski definition) is 2. The standard InChI is InChI=1S/C16H25F2N3O/c1-11(2)10-22-14-7-5-13(6-8-14)12(3)21-16(19-4)20-9-15(17)18/h5-8,11-12,15H,9-10H2,1-4H3,(H2,19,20,21). The molecule has 0 spiro atoms. The van der Waals surface area contributed by atoms with Crippen LogP contribution in [0.2, 0.25) is 0 Å². The zero-order valence-corrected chi connectivity index (χ0v) is 13.6. The lowest BCUT2D eigenvalue weighted by Gasteiger charge is -2.18. The minimum Gasteiger partial charge on any atom is -0.493 e. The Morgan fingerprint density at radius 2 is 1.82 bits per heavy atom. The van der Waals surface area contributed by atoms with Gasteiger partial charge in [-0.25, -0.2) is 8.78 Å². The van der Waals surface area contributed by atoms with Gasteiger partial charge in [-0.1, -0.05) is 26.0 Å². The van der Waals surface area contributed by atoms with E-state index < -0.39 is 13.0 Å². The smallest absolute Gasteiger partial charge is 0.255 e. The third-order valence-corrected chi connectivity index (χ3v) is 2.96. The average Bonchev–Trinajstić information content (AvgIpc) is 2.49. The van der Waals surface area contributed by atoms with E-state index in [1.807, 2.05) is 31.2 Å². The summed E-state index contributed by atoms with van der Waals surface area (Å²) in [6, 6.07) is 7.67. The van der Waals surface area contributed by atoms with Gasteiger partial charge in [0.1, 0.15) is 5.75 Å². The molecule has 0 aliphatic heterocycles. The maximum atomic E-state index is 12.2. The number of aliphatic imine (C=N–C) groups is 1.